The van der Waals surface area contributed by atoms with Crippen molar-refractivity contribution in [1.29, 1.82) is 0 Å². The summed E-state index contributed by atoms with van der Waals surface area (Å²) in [6.07, 6.45) is 7.08. The maximum Gasteiger partial charge on any atom is 0.291 e. The average molecular weight is 477 g/mol. The fourth-order valence-electron chi connectivity index (χ4n) is 3.93. The molecule has 1 aromatic heterocycles. The second-order valence-corrected chi connectivity index (χ2v) is 11.0. The van der Waals surface area contributed by atoms with Gasteiger partial charge in [0, 0.05) is 27.6 Å². The summed E-state index contributed by atoms with van der Waals surface area (Å²) in [6, 6.07) is 11.3. The van der Waals surface area contributed by atoms with Crippen LogP contribution in [0.3, 0.4) is 0 Å². The largest absolute Gasteiger partial charge is 0.451 e. The zero-order chi connectivity index (χ0) is 22.7. The van der Waals surface area contributed by atoms with E-state index in [-0.39, 0.29) is 17.1 Å². The van der Waals surface area contributed by atoms with E-state index in [0.717, 1.165) is 23.3 Å². The quantitative estimate of drug-likeness (QED) is 0.452. The second-order valence-electron chi connectivity index (χ2n) is 8.00. The lowest BCUT2D eigenvalue weighted by atomic mass is 10.0. The standard InChI is InChI=1S/C23H25FN2O4S2/c1-32(28,29)26-20-13-15(11-12-19(20)24)25-23(27)22-18(14-31-16-7-3-2-4-8-16)17-9-5-6-10-21(17)30-22/h5-6,9-13,16,26H,2-4,7-8,14H2,1H3,(H,25,27). The molecule has 1 aliphatic rings. The van der Waals surface area contributed by atoms with Crippen molar-refractivity contribution in [1.82, 2.24) is 0 Å². The number of halogens is 1. The Morgan fingerprint density at radius 3 is 2.66 bits per heavy atom. The Bertz CT molecular complexity index is 1230. The van der Waals surface area contributed by atoms with E-state index in [9.17, 15) is 17.6 Å². The van der Waals surface area contributed by atoms with E-state index in [1.54, 1.807) is 0 Å². The summed E-state index contributed by atoms with van der Waals surface area (Å²) in [5.41, 5.74) is 1.50. The minimum Gasteiger partial charge on any atom is -0.451 e. The first-order chi connectivity index (χ1) is 15.3. The number of carbonyl (C=O) groups excluding carboxylic acids is 1. The molecule has 6 nitrogen and oxygen atoms in total. The summed E-state index contributed by atoms with van der Waals surface area (Å²) >= 11 is 1.85. The summed E-state index contributed by atoms with van der Waals surface area (Å²) in [6.45, 7) is 0. The van der Waals surface area contributed by atoms with Crippen LogP contribution in [0, 0.1) is 5.82 Å². The molecule has 2 aromatic carbocycles. The van der Waals surface area contributed by atoms with Gasteiger partial charge in [-0.3, -0.25) is 9.52 Å². The number of anilines is 2. The lowest BCUT2D eigenvalue weighted by Gasteiger charge is -2.20. The van der Waals surface area contributed by atoms with E-state index in [0.29, 0.717) is 16.6 Å². The monoisotopic (exact) mass is 476 g/mol. The van der Waals surface area contributed by atoms with Gasteiger partial charge in [0.15, 0.2) is 5.76 Å². The molecule has 2 N–H and O–H groups in total. The molecule has 0 spiro atoms. The number of fused-ring (bicyclic) bond motifs is 1. The first-order valence-electron chi connectivity index (χ1n) is 10.5. The highest BCUT2D eigenvalue weighted by molar-refractivity contribution is 7.99. The smallest absolute Gasteiger partial charge is 0.291 e. The van der Waals surface area contributed by atoms with Gasteiger partial charge in [-0.2, -0.15) is 11.8 Å². The van der Waals surface area contributed by atoms with Crippen molar-refractivity contribution in [3.05, 3.63) is 59.6 Å². The predicted molar refractivity (Wildman–Crippen MR) is 127 cm³/mol. The molecule has 1 saturated carbocycles. The number of sulfonamides is 1. The molecule has 0 unspecified atom stereocenters. The maximum absolute atomic E-state index is 14.0. The number of hydrogen-bond acceptors (Lipinski definition) is 5. The zero-order valence-electron chi connectivity index (χ0n) is 17.7. The molecule has 1 fully saturated rings. The third-order valence-corrected chi connectivity index (χ3v) is 7.43. The van der Waals surface area contributed by atoms with Gasteiger partial charge in [0.05, 0.1) is 11.9 Å². The van der Waals surface area contributed by atoms with Crippen LogP contribution in [0.15, 0.2) is 46.9 Å². The fraction of sp³-hybridized carbons (Fsp3) is 0.348. The van der Waals surface area contributed by atoms with Gasteiger partial charge >= 0.3 is 0 Å². The van der Waals surface area contributed by atoms with Gasteiger partial charge in [0.1, 0.15) is 11.4 Å². The SMILES string of the molecule is CS(=O)(=O)Nc1cc(NC(=O)c2oc3ccccc3c2CSC2CCCCC2)ccc1F. The maximum atomic E-state index is 14.0. The Morgan fingerprint density at radius 2 is 1.91 bits per heavy atom. The molecule has 9 heteroatoms. The number of hydrogen-bond donors (Lipinski definition) is 2. The van der Waals surface area contributed by atoms with Gasteiger partial charge in [-0.05, 0) is 37.1 Å². The molecular formula is C23H25FN2O4S2. The van der Waals surface area contributed by atoms with Crippen LogP contribution >= 0.6 is 11.8 Å². The first-order valence-corrected chi connectivity index (χ1v) is 13.4. The predicted octanol–water partition coefficient (Wildman–Crippen LogP) is 5.76. The van der Waals surface area contributed by atoms with Crippen LogP contribution < -0.4 is 10.0 Å². The van der Waals surface area contributed by atoms with Crippen LogP contribution in [-0.2, 0) is 15.8 Å². The molecule has 1 amide bonds. The van der Waals surface area contributed by atoms with Crippen molar-refractivity contribution in [3.63, 3.8) is 0 Å². The van der Waals surface area contributed by atoms with E-state index in [1.807, 2.05) is 36.0 Å². The Kier molecular flexibility index (Phi) is 6.76. The number of carbonyl (C=O) groups is 1. The number of rotatable bonds is 7. The fourth-order valence-corrected chi connectivity index (χ4v) is 5.84. The van der Waals surface area contributed by atoms with E-state index in [4.69, 9.17) is 4.42 Å². The molecule has 0 atom stereocenters. The number of thioether (sulfide) groups is 1. The normalized spacial score (nSPS) is 15.1. The van der Waals surface area contributed by atoms with Crippen molar-refractivity contribution in [3.8, 4) is 0 Å². The van der Waals surface area contributed by atoms with E-state index >= 15 is 0 Å². The van der Waals surface area contributed by atoms with E-state index in [2.05, 4.69) is 10.0 Å². The Hall–Kier alpha value is -2.52. The second kappa shape index (κ2) is 9.54. The molecule has 0 aliphatic heterocycles. The highest BCUT2D eigenvalue weighted by Gasteiger charge is 2.23. The number of para-hydroxylation sites is 1. The van der Waals surface area contributed by atoms with Gasteiger partial charge in [-0.1, -0.05) is 37.5 Å². The van der Waals surface area contributed by atoms with Crippen LogP contribution in [0.2, 0.25) is 0 Å². The summed E-state index contributed by atoms with van der Waals surface area (Å²) in [4.78, 5) is 13.1. The molecule has 4 rings (SSSR count). The van der Waals surface area contributed by atoms with Crippen molar-refractivity contribution in [2.45, 2.75) is 43.1 Å². The van der Waals surface area contributed by atoms with Gasteiger partial charge in [0.25, 0.3) is 5.91 Å². The van der Waals surface area contributed by atoms with E-state index < -0.39 is 21.7 Å². The molecule has 1 heterocycles. The lowest BCUT2D eigenvalue weighted by Crippen LogP contribution is -2.15. The molecule has 32 heavy (non-hydrogen) atoms. The Balaban J connectivity index is 1.58. The number of nitrogens with one attached hydrogen (secondary N) is 2. The molecule has 0 radical (unpaired) electrons. The highest BCUT2D eigenvalue weighted by Crippen LogP contribution is 2.35. The first kappa shape index (κ1) is 22.7. The number of amides is 1. The molecule has 3 aromatic rings. The third kappa shape index (κ3) is 5.45. The molecule has 0 saturated heterocycles. The van der Waals surface area contributed by atoms with Gasteiger partial charge < -0.3 is 9.73 Å². The summed E-state index contributed by atoms with van der Waals surface area (Å²) in [7, 11) is -3.66. The number of benzene rings is 2. The molecule has 1 aliphatic carbocycles. The number of furan rings is 1. The zero-order valence-corrected chi connectivity index (χ0v) is 19.3. The van der Waals surface area contributed by atoms with Crippen LogP contribution in [0.1, 0.15) is 48.2 Å². The van der Waals surface area contributed by atoms with Crippen LogP contribution in [-0.4, -0.2) is 25.8 Å². The van der Waals surface area contributed by atoms with Crippen molar-refractivity contribution in [2.75, 3.05) is 16.3 Å². The third-order valence-electron chi connectivity index (χ3n) is 5.44. The van der Waals surface area contributed by atoms with Crippen molar-refractivity contribution < 1.29 is 22.0 Å². The lowest BCUT2D eigenvalue weighted by molar-refractivity contribution is 0.0998. The molecular weight excluding hydrogens is 451 g/mol. The topological polar surface area (TPSA) is 88.4 Å². The van der Waals surface area contributed by atoms with E-state index in [1.165, 1.54) is 44.2 Å². The minimum atomic E-state index is -3.66. The Morgan fingerprint density at radius 1 is 1.16 bits per heavy atom. The van der Waals surface area contributed by atoms with Gasteiger partial charge in [-0.25, -0.2) is 12.8 Å². The summed E-state index contributed by atoms with van der Waals surface area (Å²) in [5.74, 6) is -0.315. The average Bonchev–Trinajstić information content (AvgIpc) is 3.13. The van der Waals surface area contributed by atoms with Crippen LogP contribution in [0.25, 0.3) is 11.0 Å². The molecule has 0 bridgehead atoms. The summed E-state index contributed by atoms with van der Waals surface area (Å²) in [5, 5.41) is 4.19. The Labute approximate surface area is 191 Å². The van der Waals surface area contributed by atoms with Gasteiger partial charge in [-0.15, -0.1) is 0 Å². The van der Waals surface area contributed by atoms with Crippen molar-refractivity contribution >= 4 is 50.0 Å². The van der Waals surface area contributed by atoms with Crippen LogP contribution in [0.4, 0.5) is 15.8 Å². The summed E-state index contributed by atoms with van der Waals surface area (Å²) < 4.78 is 44.9. The van der Waals surface area contributed by atoms with Gasteiger partial charge in [0.2, 0.25) is 10.0 Å². The minimum absolute atomic E-state index is 0.219. The van der Waals surface area contributed by atoms with Crippen molar-refractivity contribution in [2.24, 2.45) is 0 Å². The highest BCUT2D eigenvalue weighted by atomic mass is 32.2. The molecule has 170 valence electrons. The van der Waals surface area contributed by atoms with Crippen LogP contribution in [0.5, 0.6) is 0 Å².